The van der Waals surface area contributed by atoms with Crippen LogP contribution in [0.25, 0.3) is 0 Å². The molecule has 1 fully saturated rings. The molecule has 1 aliphatic rings. The van der Waals surface area contributed by atoms with Crippen LogP contribution < -0.4 is 14.4 Å². The van der Waals surface area contributed by atoms with E-state index >= 15 is 0 Å². The number of imidazole rings is 1. The van der Waals surface area contributed by atoms with Crippen molar-refractivity contribution in [2.75, 3.05) is 45.3 Å². The number of aryl methyl sites for hydroxylation is 1. The Morgan fingerprint density at radius 2 is 1.88 bits per heavy atom. The summed E-state index contributed by atoms with van der Waals surface area (Å²) in [6, 6.07) is 5.36. The zero-order chi connectivity index (χ0) is 17.1. The first-order chi connectivity index (χ1) is 11.7. The molecule has 7 nitrogen and oxygen atoms in total. The van der Waals surface area contributed by atoms with Gasteiger partial charge in [0.1, 0.15) is 0 Å². The molecular formula is C17H22N4O3. The lowest BCUT2D eigenvalue weighted by atomic mass is 10.1. The average Bonchev–Trinajstić information content (AvgIpc) is 3.06. The van der Waals surface area contributed by atoms with E-state index in [2.05, 4.69) is 9.88 Å². The quantitative estimate of drug-likeness (QED) is 0.848. The van der Waals surface area contributed by atoms with Crippen LogP contribution in [0.15, 0.2) is 30.6 Å². The fraction of sp³-hybridized carbons (Fsp3) is 0.412. The zero-order valence-electron chi connectivity index (χ0n) is 14.2. The molecule has 128 valence electrons. The number of rotatable bonds is 4. The van der Waals surface area contributed by atoms with Gasteiger partial charge in [-0.3, -0.25) is 4.79 Å². The topological polar surface area (TPSA) is 59.8 Å². The molecule has 1 amide bonds. The monoisotopic (exact) mass is 330 g/mol. The van der Waals surface area contributed by atoms with E-state index in [1.54, 1.807) is 38.6 Å². The highest BCUT2D eigenvalue weighted by Gasteiger charge is 2.26. The number of amides is 1. The summed E-state index contributed by atoms with van der Waals surface area (Å²) in [5.41, 5.74) is 0.530. The van der Waals surface area contributed by atoms with Gasteiger partial charge in [-0.15, -0.1) is 0 Å². The lowest BCUT2D eigenvalue weighted by molar-refractivity contribution is 0.0742. The second-order valence-electron chi connectivity index (χ2n) is 5.66. The van der Waals surface area contributed by atoms with Crippen LogP contribution in [0.4, 0.5) is 5.95 Å². The van der Waals surface area contributed by atoms with E-state index in [1.807, 2.05) is 22.7 Å². The number of methoxy groups -OCH3 is 2. The Morgan fingerprint density at radius 3 is 2.46 bits per heavy atom. The summed E-state index contributed by atoms with van der Waals surface area (Å²) in [5.74, 6) is 1.94. The van der Waals surface area contributed by atoms with Crippen molar-refractivity contribution >= 4 is 11.9 Å². The first-order valence-corrected chi connectivity index (χ1v) is 7.88. The molecule has 0 atom stereocenters. The lowest BCUT2D eigenvalue weighted by Gasteiger charge is -2.35. The Labute approximate surface area is 141 Å². The van der Waals surface area contributed by atoms with Crippen LogP contribution in [-0.4, -0.2) is 60.8 Å². The summed E-state index contributed by atoms with van der Waals surface area (Å²) in [6.45, 7) is 2.80. The Kier molecular flexibility index (Phi) is 4.59. The number of nitrogens with zero attached hydrogens (tertiary/aromatic N) is 4. The van der Waals surface area contributed by atoms with Crippen molar-refractivity contribution in [3.8, 4) is 11.5 Å². The van der Waals surface area contributed by atoms with Gasteiger partial charge in [-0.05, 0) is 12.1 Å². The minimum atomic E-state index is -0.0368. The summed E-state index contributed by atoms with van der Waals surface area (Å²) in [6.07, 6.45) is 3.71. The van der Waals surface area contributed by atoms with E-state index in [1.165, 1.54) is 0 Å². The van der Waals surface area contributed by atoms with Crippen LogP contribution in [0.3, 0.4) is 0 Å². The normalized spacial score (nSPS) is 14.6. The highest BCUT2D eigenvalue weighted by Crippen LogP contribution is 2.31. The SMILES string of the molecule is COc1cccc(C(=O)N2CCN(c3nccn3C)CC2)c1OC. The number of hydrogen-bond donors (Lipinski definition) is 0. The molecule has 2 heterocycles. The maximum atomic E-state index is 12.9. The summed E-state index contributed by atoms with van der Waals surface area (Å²) < 4.78 is 12.6. The van der Waals surface area contributed by atoms with Gasteiger partial charge in [-0.2, -0.15) is 0 Å². The van der Waals surface area contributed by atoms with E-state index in [0.29, 0.717) is 30.2 Å². The fourth-order valence-electron chi connectivity index (χ4n) is 3.00. The highest BCUT2D eigenvalue weighted by molar-refractivity contribution is 5.98. The Balaban J connectivity index is 1.73. The fourth-order valence-corrected chi connectivity index (χ4v) is 3.00. The van der Waals surface area contributed by atoms with Gasteiger partial charge in [0.25, 0.3) is 5.91 Å². The highest BCUT2D eigenvalue weighted by atomic mass is 16.5. The Morgan fingerprint density at radius 1 is 1.12 bits per heavy atom. The van der Waals surface area contributed by atoms with E-state index in [9.17, 15) is 4.79 Å². The molecule has 0 bridgehead atoms. The van der Waals surface area contributed by atoms with Gasteiger partial charge in [0.2, 0.25) is 5.95 Å². The second-order valence-corrected chi connectivity index (χ2v) is 5.66. The molecule has 0 unspecified atom stereocenters. The van der Waals surface area contributed by atoms with Gasteiger partial charge in [0.15, 0.2) is 11.5 Å². The van der Waals surface area contributed by atoms with E-state index in [4.69, 9.17) is 9.47 Å². The molecule has 24 heavy (non-hydrogen) atoms. The van der Waals surface area contributed by atoms with Crippen LogP contribution in [0.1, 0.15) is 10.4 Å². The van der Waals surface area contributed by atoms with Crippen LogP contribution >= 0.6 is 0 Å². The van der Waals surface area contributed by atoms with Crippen LogP contribution in [0.5, 0.6) is 11.5 Å². The first-order valence-electron chi connectivity index (χ1n) is 7.88. The predicted molar refractivity (Wildman–Crippen MR) is 90.9 cm³/mol. The molecule has 0 N–H and O–H groups in total. The molecule has 0 saturated carbocycles. The molecule has 0 spiro atoms. The number of carbonyl (C=O) groups excluding carboxylic acids is 1. The number of benzene rings is 1. The maximum absolute atomic E-state index is 12.9. The molecule has 0 aliphatic carbocycles. The van der Waals surface area contributed by atoms with Gasteiger partial charge in [-0.1, -0.05) is 6.07 Å². The third kappa shape index (κ3) is 2.89. The van der Waals surface area contributed by atoms with Gasteiger partial charge < -0.3 is 23.8 Å². The summed E-state index contributed by atoms with van der Waals surface area (Å²) >= 11 is 0. The number of carbonyl (C=O) groups is 1. The minimum Gasteiger partial charge on any atom is -0.493 e. The van der Waals surface area contributed by atoms with Gasteiger partial charge >= 0.3 is 0 Å². The molecule has 3 rings (SSSR count). The summed E-state index contributed by atoms with van der Waals surface area (Å²) in [5, 5.41) is 0. The van der Waals surface area contributed by atoms with E-state index < -0.39 is 0 Å². The number of ether oxygens (including phenoxy) is 2. The third-order valence-corrected chi connectivity index (χ3v) is 4.28. The van der Waals surface area contributed by atoms with Gasteiger partial charge in [0, 0.05) is 45.6 Å². The van der Waals surface area contributed by atoms with Crippen molar-refractivity contribution in [2.24, 2.45) is 7.05 Å². The van der Waals surface area contributed by atoms with E-state index in [0.717, 1.165) is 19.0 Å². The van der Waals surface area contributed by atoms with Crippen molar-refractivity contribution in [1.29, 1.82) is 0 Å². The summed E-state index contributed by atoms with van der Waals surface area (Å²) in [4.78, 5) is 21.3. The number of para-hydroxylation sites is 1. The lowest BCUT2D eigenvalue weighted by Crippen LogP contribution is -2.49. The van der Waals surface area contributed by atoms with Gasteiger partial charge in [0.05, 0.1) is 19.8 Å². The molecular weight excluding hydrogens is 308 g/mol. The first kappa shape index (κ1) is 16.2. The number of aromatic nitrogens is 2. The van der Waals surface area contributed by atoms with E-state index in [-0.39, 0.29) is 5.91 Å². The average molecular weight is 330 g/mol. The molecule has 0 radical (unpaired) electrons. The molecule has 1 aliphatic heterocycles. The standard InChI is InChI=1S/C17H22N4O3/c1-19-8-7-18-17(19)21-11-9-20(10-12-21)16(22)13-5-4-6-14(23-2)15(13)24-3/h4-8H,9-12H2,1-3H3. The van der Waals surface area contributed by atoms with Crippen LogP contribution in [0, 0.1) is 0 Å². The Hall–Kier alpha value is -2.70. The largest absolute Gasteiger partial charge is 0.493 e. The zero-order valence-corrected chi connectivity index (χ0v) is 14.2. The number of piperazine rings is 1. The third-order valence-electron chi connectivity index (χ3n) is 4.28. The predicted octanol–water partition coefficient (Wildman–Crippen LogP) is 1.40. The molecule has 1 aromatic heterocycles. The molecule has 1 aromatic carbocycles. The second kappa shape index (κ2) is 6.82. The minimum absolute atomic E-state index is 0.0368. The van der Waals surface area contributed by atoms with Crippen LogP contribution in [-0.2, 0) is 7.05 Å². The van der Waals surface area contributed by atoms with Crippen molar-refractivity contribution in [2.45, 2.75) is 0 Å². The van der Waals surface area contributed by atoms with Gasteiger partial charge in [-0.25, -0.2) is 4.98 Å². The van der Waals surface area contributed by atoms with Crippen molar-refractivity contribution in [3.05, 3.63) is 36.2 Å². The smallest absolute Gasteiger partial charge is 0.257 e. The Bertz CT molecular complexity index is 720. The molecule has 1 saturated heterocycles. The summed E-state index contributed by atoms with van der Waals surface area (Å²) in [7, 11) is 5.09. The number of hydrogen-bond acceptors (Lipinski definition) is 5. The maximum Gasteiger partial charge on any atom is 0.257 e. The molecule has 2 aromatic rings. The number of anilines is 1. The van der Waals surface area contributed by atoms with Crippen molar-refractivity contribution in [1.82, 2.24) is 14.5 Å². The van der Waals surface area contributed by atoms with Crippen molar-refractivity contribution in [3.63, 3.8) is 0 Å². The molecule has 7 heteroatoms. The van der Waals surface area contributed by atoms with Crippen LogP contribution in [0.2, 0.25) is 0 Å². The van der Waals surface area contributed by atoms with Crippen molar-refractivity contribution < 1.29 is 14.3 Å².